The summed E-state index contributed by atoms with van der Waals surface area (Å²) in [6.45, 7) is 3.49. The predicted molar refractivity (Wildman–Crippen MR) is 118 cm³/mol. The smallest absolute Gasteiger partial charge is 0.348 e. The molecule has 31 heavy (non-hydrogen) atoms. The number of ether oxygens (including phenoxy) is 3. The summed E-state index contributed by atoms with van der Waals surface area (Å²) in [7, 11) is 1.53. The molecular formula is C25H25NO5. The van der Waals surface area contributed by atoms with Crippen LogP contribution in [-0.4, -0.2) is 25.1 Å². The number of methoxy groups -OCH3 is 1. The first kappa shape index (κ1) is 21.9. The molecule has 0 aliphatic carbocycles. The highest BCUT2D eigenvalue weighted by molar-refractivity contribution is 5.97. The monoisotopic (exact) mass is 419 g/mol. The van der Waals surface area contributed by atoms with Gasteiger partial charge in [0, 0.05) is 5.56 Å². The number of benzene rings is 3. The molecule has 1 amide bonds. The fourth-order valence-corrected chi connectivity index (χ4v) is 2.98. The van der Waals surface area contributed by atoms with Gasteiger partial charge in [0.05, 0.1) is 12.8 Å². The van der Waals surface area contributed by atoms with E-state index in [1.165, 1.54) is 7.11 Å². The molecule has 3 aromatic rings. The molecule has 0 saturated heterocycles. The zero-order valence-electron chi connectivity index (χ0n) is 17.7. The number of esters is 1. The van der Waals surface area contributed by atoms with Crippen LogP contribution in [0, 0.1) is 6.92 Å². The number of aryl methyl sites for hydroxylation is 1. The quantitative estimate of drug-likeness (QED) is 0.536. The lowest BCUT2D eigenvalue weighted by atomic mass is 10.1. The summed E-state index contributed by atoms with van der Waals surface area (Å²) in [6, 6.07) is 23.2. The van der Waals surface area contributed by atoms with E-state index < -0.39 is 24.1 Å². The van der Waals surface area contributed by atoms with Crippen molar-refractivity contribution in [2.24, 2.45) is 0 Å². The van der Waals surface area contributed by atoms with Gasteiger partial charge in [-0.25, -0.2) is 4.79 Å². The highest BCUT2D eigenvalue weighted by Gasteiger charge is 2.29. The maximum absolute atomic E-state index is 13.1. The number of carbonyl (C=O) groups is 2. The Bertz CT molecular complexity index is 1020. The number of carbonyl (C=O) groups excluding carboxylic acids is 2. The molecule has 0 fully saturated rings. The van der Waals surface area contributed by atoms with Gasteiger partial charge in [0.2, 0.25) is 6.10 Å². The van der Waals surface area contributed by atoms with Gasteiger partial charge in [0.15, 0.2) is 6.10 Å². The molecule has 0 aromatic heterocycles. The lowest BCUT2D eigenvalue weighted by Crippen LogP contribution is -2.32. The molecular weight excluding hydrogens is 394 g/mol. The summed E-state index contributed by atoms with van der Waals surface area (Å²) in [5.41, 5.74) is 2.00. The van der Waals surface area contributed by atoms with Crippen molar-refractivity contribution >= 4 is 17.6 Å². The molecule has 0 aliphatic heterocycles. The van der Waals surface area contributed by atoms with E-state index in [0.717, 1.165) is 5.56 Å². The average molecular weight is 419 g/mol. The van der Waals surface area contributed by atoms with Crippen molar-refractivity contribution in [2.45, 2.75) is 26.1 Å². The van der Waals surface area contributed by atoms with Crippen LogP contribution in [-0.2, 0) is 14.3 Å². The second-order valence-electron chi connectivity index (χ2n) is 6.99. The van der Waals surface area contributed by atoms with E-state index in [2.05, 4.69) is 5.32 Å². The van der Waals surface area contributed by atoms with Crippen molar-refractivity contribution in [3.05, 3.63) is 90.0 Å². The van der Waals surface area contributed by atoms with Crippen LogP contribution in [0.1, 0.15) is 24.2 Å². The zero-order chi connectivity index (χ0) is 22.2. The van der Waals surface area contributed by atoms with Gasteiger partial charge in [0.25, 0.3) is 5.91 Å². The summed E-state index contributed by atoms with van der Waals surface area (Å²) in [5, 5.41) is 2.81. The second kappa shape index (κ2) is 10.3. The normalized spacial score (nSPS) is 12.4. The van der Waals surface area contributed by atoms with Gasteiger partial charge in [-0.2, -0.15) is 0 Å². The lowest BCUT2D eigenvalue weighted by Gasteiger charge is -2.21. The van der Waals surface area contributed by atoms with Crippen molar-refractivity contribution in [3.63, 3.8) is 0 Å². The Hall–Kier alpha value is -3.80. The molecule has 3 aromatic carbocycles. The Morgan fingerprint density at radius 1 is 0.903 bits per heavy atom. The Balaban J connectivity index is 1.79. The fraction of sp³-hybridized carbons (Fsp3) is 0.200. The van der Waals surface area contributed by atoms with Crippen molar-refractivity contribution in [3.8, 4) is 11.5 Å². The third kappa shape index (κ3) is 5.85. The molecule has 0 unspecified atom stereocenters. The van der Waals surface area contributed by atoms with E-state index in [0.29, 0.717) is 22.7 Å². The van der Waals surface area contributed by atoms with Crippen LogP contribution in [0.3, 0.4) is 0 Å². The van der Waals surface area contributed by atoms with E-state index in [4.69, 9.17) is 14.2 Å². The van der Waals surface area contributed by atoms with Crippen molar-refractivity contribution < 1.29 is 23.8 Å². The minimum atomic E-state index is -1.15. The molecule has 0 saturated carbocycles. The third-order valence-electron chi connectivity index (χ3n) is 4.58. The topological polar surface area (TPSA) is 73.9 Å². The van der Waals surface area contributed by atoms with Crippen molar-refractivity contribution in [1.29, 1.82) is 0 Å². The second-order valence-corrected chi connectivity index (χ2v) is 6.99. The Morgan fingerprint density at radius 2 is 1.55 bits per heavy atom. The number of para-hydroxylation sites is 1. The number of amides is 1. The summed E-state index contributed by atoms with van der Waals surface area (Å²) in [5.74, 6) is -0.0885. The van der Waals surface area contributed by atoms with Crippen LogP contribution in [0.15, 0.2) is 78.9 Å². The standard InChI is InChI=1S/C25H25NO5/c1-17-14-15-22(29-3)21(16-17)26-24(27)23(19-10-6-4-7-11-19)31-25(28)18(2)30-20-12-8-5-9-13-20/h4-16,18,23H,1-3H3,(H,26,27)/t18-,23+/m1/s1. The molecule has 0 bridgehead atoms. The van der Waals surface area contributed by atoms with E-state index >= 15 is 0 Å². The Morgan fingerprint density at radius 3 is 2.19 bits per heavy atom. The zero-order valence-corrected chi connectivity index (χ0v) is 17.7. The minimum absolute atomic E-state index is 0.490. The van der Waals surface area contributed by atoms with E-state index in [9.17, 15) is 9.59 Å². The summed E-state index contributed by atoms with van der Waals surface area (Å²) in [6.07, 6.45) is -2.05. The van der Waals surface area contributed by atoms with Gasteiger partial charge < -0.3 is 19.5 Å². The molecule has 6 nitrogen and oxygen atoms in total. The average Bonchev–Trinajstić information content (AvgIpc) is 2.78. The van der Waals surface area contributed by atoms with E-state index in [1.54, 1.807) is 55.5 Å². The first-order valence-electron chi connectivity index (χ1n) is 9.90. The van der Waals surface area contributed by atoms with Crippen LogP contribution >= 0.6 is 0 Å². The molecule has 0 heterocycles. The third-order valence-corrected chi connectivity index (χ3v) is 4.58. The first-order chi connectivity index (χ1) is 15.0. The van der Waals surface area contributed by atoms with Crippen LogP contribution in [0.4, 0.5) is 5.69 Å². The van der Waals surface area contributed by atoms with Gasteiger partial charge >= 0.3 is 5.97 Å². The fourth-order valence-electron chi connectivity index (χ4n) is 2.98. The predicted octanol–water partition coefficient (Wildman–Crippen LogP) is 4.69. The van der Waals surface area contributed by atoms with Crippen LogP contribution in [0.25, 0.3) is 0 Å². The van der Waals surface area contributed by atoms with Crippen LogP contribution in [0.5, 0.6) is 11.5 Å². The highest BCUT2D eigenvalue weighted by atomic mass is 16.6. The molecule has 160 valence electrons. The van der Waals surface area contributed by atoms with E-state index in [-0.39, 0.29) is 0 Å². The van der Waals surface area contributed by atoms with Gasteiger partial charge in [-0.3, -0.25) is 4.79 Å². The van der Waals surface area contributed by atoms with Gasteiger partial charge in [-0.1, -0.05) is 54.6 Å². The molecule has 2 atom stereocenters. The molecule has 0 spiro atoms. The van der Waals surface area contributed by atoms with Crippen LogP contribution in [0.2, 0.25) is 0 Å². The molecule has 0 radical (unpaired) electrons. The van der Waals surface area contributed by atoms with Gasteiger partial charge in [0.1, 0.15) is 11.5 Å². The Labute approximate surface area is 181 Å². The number of hydrogen-bond acceptors (Lipinski definition) is 5. The van der Waals surface area contributed by atoms with Crippen molar-refractivity contribution in [2.75, 3.05) is 12.4 Å². The minimum Gasteiger partial charge on any atom is -0.495 e. The number of hydrogen-bond donors (Lipinski definition) is 1. The van der Waals surface area contributed by atoms with Gasteiger partial charge in [-0.15, -0.1) is 0 Å². The maximum atomic E-state index is 13.1. The highest BCUT2D eigenvalue weighted by Crippen LogP contribution is 2.28. The summed E-state index contributed by atoms with van der Waals surface area (Å²) >= 11 is 0. The summed E-state index contributed by atoms with van der Waals surface area (Å²) < 4.78 is 16.6. The maximum Gasteiger partial charge on any atom is 0.348 e. The molecule has 3 rings (SSSR count). The first-order valence-corrected chi connectivity index (χ1v) is 9.90. The summed E-state index contributed by atoms with van der Waals surface area (Å²) in [4.78, 5) is 25.8. The largest absolute Gasteiger partial charge is 0.495 e. The number of rotatable bonds is 8. The molecule has 6 heteroatoms. The Kier molecular flexibility index (Phi) is 7.27. The van der Waals surface area contributed by atoms with E-state index in [1.807, 2.05) is 37.3 Å². The van der Waals surface area contributed by atoms with Crippen LogP contribution < -0.4 is 14.8 Å². The lowest BCUT2D eigenvalue weighted by molar-refractivity contribution is -0.161. The number of anilines is 1. The molecule has 0 aliphatic rings. The van der Waals surface area contributed by atoms with Crippen molar-refractivity contribution in [1.82, 2.24) is 0 Å². The SMILES string of the molecule is COc1ccc(C)cc1NC(=O)[C@@H](OC(=O)[C@@H](C)Oc1ccccc1)c1ccccc1. The molecule has 1 N–H and O–H groups in total. The van der Waals surface area contributed by atoms with Gasteiger partial charge in [-0.05, 0) is 43.7 Å². The number of nitrogens with one attached hydrogen (secondary N) is 1.